The van der Waals surface area contributed by atoms with Crippen LogP contribution in [-0.2, 0) is 0 Å². The van der Waals surface area contributed by atoms with Crippen LogP contribution in [0.1, 0.15) is 27.7 Å². The van der Waals surface area contributed by atoms with Crippen molar-refractivity contribution in [3.63, 3.8) is 0 Å². The third-order valence-electron chi connectivity index (χ3n) is 2.67. The Kier molecular flexibility index (Phi) is 4.54. The van der Waals surface area contributed by atoms with Gasteiger partial charge in [0.25, 0.3) is 0 Å². The highest BCUT2D eigenvalue weighted by atomic mass is 32.2. The molecule has 0 saturated heterocycles. The van der Waals surface area contributed by atoms with Crippen LogP contribution < -0.4 is 0 Å². The molecule has 0 aromatic heterocycles. The standard InChI is InChI=1S/C13H20N2S/c1-8(2)10-6-7-11(9(3)4)13(12(10)14)15-16-5/h6-9,14H,1-5H3. The van der Waals surface area contributed by atoms with E-state index in [-0.39, 0.29) is 0 Å². The number of rotatable bonds is 3. The molecule has 0 radical (unpaired) electrons. The summed E-state index contributed by atoms with van der Waals surface area (Å²) in [6.45, 7) is 8.52. The van der Waals surface area contributed by atoms with Crippen molar-refractivity contribution >= 4 is 23.4 Å². The maximum atomic E-state index is 8.21. The van der Waals surface area contributed by atoms with E-state index >= 15 is 0 Å². The summed E-state index contributed by atoms with van der Waals surface area (Å²) in [4.78, 5) is 0. The van der Waals surface area contributed by atoms with Crippen molar-refractivity contribution in [2.75, 3.05) is 6.26 Å². The molecule has 88 valence electrons. The maximum absolute atomic E-state index is 8.21. The van der Waals surface area contributed by atoms with Crippen molar-refractivity contribution < 1.29 is 0 Å². The van der Waals surface area contributed by atoms with Crippen LogP contribution in [0.3, 0.4) is 0 Å². The zero-order chi connectivity index (χ0) is 12.3. The molecule has 0 amide bonds. The van der Waals surface area contributed by atoms with E-state index in [9.17, 15) is 0 Å². The smallest absolute Gasteiger partial charge is 0.0999 e. The van der Waals surface area contributed by atoms with Crippen LogP contribution >= 0.6 is 11.9 Å². The zero-order valence-electron chi connectivity index (χ0n) is 10.7. The number of allylic oxidation sites excluding steroid dienone is 4. The Morgan fingerprint density at radius 2 is 1.56 bits per heavy atom. The van der Waals surface area contributed by atoms with E-state index < -0.39 is 0 Å². The third kappa shape index (κ3) is 2.64. The molecule has 0 saturated carbocycles. The monoisotopic (exact) mass is 236 g/mol. The van der Waals surface area contributed by atoms with Gasteiger partial charge in [0.2, 0.25) is 0 Å². The molecule has 0 unspecified atom stereocenters. The predicted molar refractivity (Wildman–Crippen MR) is 74.5 cm³/mol. The van der Waals surface area contributed by atoms with Gasteiger partial charge < -0.3 is 0 Å². The van der Waals surface area contributed by atoms with E-state index in [2.05, 4.69) is 44.2 Å². The Morgan fingerprint density at radius 3 is 2.00 bits per heavy atom. The summed E-state index contributed by atoms with van der Waals surface area (Å²) in [5.74, 6) is 0.792. The van der Waals surface area contributed by atoms with Crippen LogP contribution in [0, 0.1) is 17.2 Å². The first-order valence-electron chi connectivity index (χ1n) is 5.61. The van der Waals surface area contributed by atoms with Crippen LogP contribution in [0.25, 0.3) is 0 Å². The van der Waals surface area contributed by atoms with Crippen molar-refractivity contribution in [2.24, 2.45) is 16.2 Å². The van der Waals surface area contributed by atoms with Gasteiger partial charge in [-0.3, -0.25) is 5.41 Å². The highest BCUT2D eigenvalue weighted by molar-refractivity contribution is 7.97. The van der Waals surface area contributed by atoms with Crippen LogP contribution in [0.4, 0.5) is 0 Å². The Balaban J connectivity index is 3.19. The molecule has 2 nitrogen and oxygen atoms in total. The summed E-state index contributed by atoms with van der Waals surface area (Å²) >= 11 is 1.43. The number of nitrogens with zero attached hydrogens (tertiary/aromatic N) is 1. The van der Waals surface area contributed by atoms with Crippen LogP contribution in [0.5, 0.6) is 0 Å². The molecule has 0 spiro atoms. The molecule has 16 heavy (non-hydrogen) atoms. The summed E-state index contributed by atoms with van der Waals surface area (Å²) < 4.78 is 4.40. The molecule has 0 aromatic carbocycles. The van der Waals surface area contributed by atoms with Gasteiger partial charge in [-0.1, -0.05) is 39.8 Å². The molecule has 0 heterocycles. The normalized spacial score (nSPS) is 19.4. The second kappa shape index (κ2) is 5.48. The fraction of sp³-hybridized carbons (Fsp3) is 0.538. The van der Waals surface area contributed by atoms with E-state index in [1.807, 2.05) is 6.26 Å². The molecule has 0 fully saturated rings. The lowest BCUT2D eigenvalue weighted by Gasteiger charge is -2.22. The molecule has 1 aliphatic rings. The quantitative estimate of drug-likeness (QED) is 0.585. The minimum absolute atomic E-state index is 0.379. The first-order valence-corrected chi connectivity index (χ1v) is 6.79. The second-order valence-corrected chi connectivity index (χ2v) is 5.10. The lowest BCUT2D eigenvalue weighted by Crippen LogP contribution is -2.25. The Morgan fingerprint density at radius 1 is 1.06 bits per heavy atom. The summed E-state index contributed by atoms with van der Waals surface area (Å²) in [6.07, 6.45) is 6.13. The van der Waals surface area contributed by atoms with Gasteiger partial charge in [0.1, 0.15) is 0 Å². The molecule has 1 N–H and O–H groups in total. The predicted octanol–water partition coefficient (Wildman–Crippen LogP) is 3.90. The van der Waals surface area contributed by atoms with Crippen molar-refractivity contribution in [2.45, 2.75) is 27.7 Å². The van der Waals surface area contributed by atoms with E-state index in [1.54, 1.807) is 0 Å². The fourth-order valence-corrected chi connectivity index (χ4v) is 2.14. The lowest BCUT2D eigenvalue weighted by atomic mass is 9.84. The van der Waals surface area contributed by atoms with E-state index in [0.717, 1.165) is 11.3 Å². The third-order valence-corrected chi connectivity index (χ3v) is 3.03. The molecule has 0 bridgehead atoms. The minimum atomic E-state index is 0.379. The van der Waals surface area contributed by atoms with E-state index in [1.165, 1.54) is 17.5 Å². The summed E-state index contributed by atoms with van der Waals surface area (Å²) in [5.41, 5.74) is 3.70. The van der Waals surface area contributed by atoms with Crippen LogP contribution in [0.2, 0.25) is 0 Å². The molecule has 0 aliphatic heterocycles. The van der Waals surface area contributed by atoms with Crippen LogP contribution in [-0.4, -0.2) is 17.7 Å². The van der Waals surface area contributed by atoms with E-state index in [0.29, 0.717) is 17.5 Å². The Labute approximate surface area is 103 Å². The van der Waals surface area contributed by atoms with Gasteiger partial charge in [0, 0.05) is 6.26 Å². The molecule has 1 aliphatic carbocycles. The minimum Gasteiger partial charge on any atom is -0.298 e. The maximum Gasteiger partial charge on any atom is 0.0999 e. The fourth-order valence-electron chi connectivity index (χ4n) is 1.76. The average molecular weight is 236 g/mol. The van der Waals surface area contributed by atoms with Crippen molar-refractivity contribution in [1.29, 1.82) is 5.41 Å². The summed E-state index contributed by atoms with van der Waals surface area (Å²) in [7, 11) is 0. The highest BCUT2D eigenvalue weighted by Gasteiger charge is 2.23. The van der Waals surface area contributed by atoms with Crippen molar-refractivity contribution in [1.82, 2.24) is 0 Å². The first-order chi connectivity index (χ1) is 7.49. The molecule has 0 atom stereocenters. The van der Waals surface area contributed by atoms with Gasteiger partial charge in [-0.25, -0.2) is 4.40 Å². The number of hydrogen-bond acceptors (Lipinski definition) is 3. The van der Waals surface area contributed by atoms with Gasteiger partial charge in [-0.15, -0.1) is 0 Å². The Hall–Kier alpha value is -0.830. The molecular weight excluding hydrogens is 216 g/mol. The second-order valence-electron chi connectivity index (χ2n) is 4.55. The lowest BCUT2D eigenvalue weighted by molar-refractivity contribution is 0.788. The summed E-state index contributed by atoms with van der Waals surface area (Å²) in [5, 5.41) is 8.21. The van der Waals surface area contributed by atoms with E-state index in [4.69, 9.17) is 5.41 Å². The van der Waals surface area contributed by atoms with Gasteiger partial charge in [0.05, 0.1) is 11.4 Å². The number of hydrogen-bond donors (Lipinski definition) is 1. The molecule has 1 rings (SSSR count). The van der Waals surface area contributed by atoms with Crippen molar-refractivity contribution in [3.05, 3.63) is 23.3 Å². The Bertz CT molecular complexity index is 373. The van der Waals surface area contributed by atoms with Gasteiger partial charge in [-0.05, 0) is 34.9 Å². The summed E-state index contributed by atoms with van der Waals surface area (Å²) in [6, 6.07) is 0. The van der Waals surface area contributed by atoms with Gasteiger partial charge in [-0.2, -0.15) is 0 Å². The van der Waals surface area contributed by atoms with Gasteiger partial charge in [0.15, 0.2) is 0 Å². The highest BCUT2D eigenvalue weighted by Crippen LogP contribution is 2.25. The topological polar surface area (TPSA) is 36.2 Å². The average Bonchev–Trinajstić information content (AvgIpc) is 2.20. The van der Waals surface area contributed by atoms with Crippen molar-refractivity contribution in [3.8, 4) is 0 Å². The molecule has 3 heteroatoms. The largest absolute Gasteiger partial charge is 0.298 e. The van der Waals surface area contributed by atoms with Crippen LogP contribution in [0.15, 0.2) is 27.7 Å². The van der Waals surface area contributed by atoms with Gasteiger partial charge >= 0.3 is 0 Å². The zero-order valence-corrected chi connectivity index (χ0v) is 11.5. The first kappa shape index (κ1) is 13.2. The SMILES string of the molecule is CSN=C1C(=N)C(C(C)C)=CC=C1C(C)C. The molecule has 0 aromatic rings. The number of nitrogens with one attached hydrogen (secondary N) is 1. The molecular formula is C13H20N2S.